The van der Waals surface area contributed by atoms with Crippen molar-refractivity contribution in [1.29, 1.82) is 0 Å². The quantitative estimate of drug-likeness (QED) is 0.350. The maximum Gasteiger partial charge on any atom is 0.195 e. The van der Waals surface area contributed by atoms with Crippen molar-refractivity contribution in [1.82, 2.24) is 10.2 Å². The third kappa shape index (κ3) is 7.74. The van der Waals surface area contributed by atoms with E-state index in [0.29, 0.717) is 19.3 Å². The van der Waals surface area contributed by atoms with Gasteiger partial charge in [0.05, 0.1) is 13.2 Å². The summed E-state index contributed by atoms with van der Waals surface area (Å²) in [5.74, 6) is 1.61. The van der Waals surface area contributed by atoms with Gasteiger partial charge in [-0.15, -0.1) is 0 Å². The molecule has 0 amide bonds. The molecule has 0 radical (unpaired) electrons. The summed E-state index contributed by atoms with van der Waals surface area (Å²) in [6, 6.07) is 8.45. The Bertz CT molecular complexity index is 568. The van der Waals surface area contributed by atoms with E-state index in [4.69, 9.17) is 14.2 Å². The van der Waals surface area contributed by atoms with Gasteiger partial charge in [0.25, 0.3) is 0 Å². The normalized spacial score (nSPS) is 17.9. The van der Waals surface area contributed by atoms with Gasteiger partial charge in [-0.3, -0.25) is 9.89 Å². The van der Waals surface area contributed by atoms with Crippen molar-refractivity contribution in [2.24, 2.45) is 4.99 Å². The summed E-state index contributed by atoms with van der Waals surface area (Å²) in [4.78, 5) is 6.83. The summed E-state index contributed by atoms with van der Waals surface area (Å²) in [5.41, 5.74) is 0.954. The highest BCUT2D eigenvalue weighted by Gasteiger charge is 2.23. The molecule has 2 N–H and O–H groups in total. The summed E-state index contributed by atoms with van der Waals surface area (Å²) in [6.45, 7) is 5.12. The average Bonchev–Trinajstić information content (AvgIpc) is 3.14. The minimum Gasteiger partial charge on any atom is -0.493 e. The van der Waals surface area contributed by atoms with Crippen molar-refractivity contribution in [3.63, 3.8) is 0 Å². The van der Waals surface area contributed by atoms with E-state index < -0.39 is 0 Å². The zero-order chi connectivity index (χ0) is 19.3. The molecule has 1 atom stereocenters. The van der Waals surface area contributed by atoms with Gasteiger partial charge in [0.2, 0.25) is 0 Å². The van der Waals surface area contributed by atoms with Gasteiger partial charge in [0.15, 0.2) is 5.96 Å². The summed E-state index contributed by atoms with van der Waals surface area (Å²) in [5, 5.41) is 6.79. The van der Waals surface area contributed by atoms with Crippen molar-refractivity contribution < 1.29 is 14.2 Å². The number of ether oxygens (including phenoxy) is 3. The highest BCUT2D eigenvalue weighted by molar-refractivity contribution is 5.93. The van der Waals surface area contributed by atoms with E-state index in [-0.39, 0.29) is 0 Å². The van der Waals surface area contributed by atoms with Crippen LogP contribution in [0.3, 0.4) is 0 Å². The van der Waals surface area contributed by atoms with E-state index in [1.807, 2.05) is 24.3 Å². The first-order valence-electron chi connectivity index (χ1n) is 9.69. The van der Waals surface area contributed by atoms with Crippen LogP contribution in [0, 0.1) is 0 Å². The molecule has 1 aliphatic rings. The molecule has 0 aromatic heterocycles. The zero-order valence-corrected chi connectivity index (χ0v) is 16.9. The van der Waals surface area contributed by atoms with Crippen LogP contribution in [0.4, 0.5) is 5.69 Å². The number of aliphatic imine (C=N–C) groups is 1. The Kier molecular flexibility index (Phi) is 9.97. The van der Waals surface area contributed by atoms with Gasteiger partial charge >= 0.3 is 0 Å². The summed E-state index contributed by atoms with van der Waals surface area (Å²) in [6.07, 6.45) is 3.32. The van der Waals surface area contributed by atoms with Crippen LogP contribution in [0.5, 0.6) is 5.75 Å². The van der Waals surface area contributed by atoms with Gasteiger partial charge in [-0.2, -0.15) is 0 Å². The molecule has 1 saturated heterocycles. The Morgan fingerprint density at radius 3 is 2.85 bits per heavy atom. The Morgan fingerprint density at radius 1 is 1.22 bits per heavy atom. The molecule has 0 spiro atoms. The SMILES string of the molecule is CN=C(NCC1CCCN1CCOC)Nc1cccc(OCCCOC)c1. The predicted octanol–water partition coefficient (Wildman–Crippen LogP) is 2.20. The number of guanidine groups is 1. The highest BCUT2D eigenvalue weighted by atomic mass is 16.5. The third-order valence-electron chi connectivity index (χ3n) is 4.67. The van der Waals surface area contributed by atoms with E-state index in [9.17, 15) is 0 Å². The van der Waals surface area contributed by atoms with Crippen LogP contribution in [0.25, 0.3) is 0 Å². The molecule has 2 rings (SSSR count). The van der Waals surface area contributed by atoms with Crippen LogP contribution in [-0.4, -0.2) is 77.6 Å². The van der Waals surface area contributed by atoms with Gasteiger partial charge in [-0.25, -0.2) is 0 Å². The standard InChI is InChI=1S/C20H34N4O3/c1-21-20(22-16-18-8-5-10-24(18)11-14-26-3)23-17-7-4-9-19(15-17)27-13-6-12-25-2/h4,7,9,15,18H,5-6,8,10-14,16H2,1-3H3,(H2,21,22,23). The number of nitrogens with zero attached hydrogens (tertiary/aromatic N) is 2. The molecule has 1 fully saturated rings. The molecule has 1 unspecified atom stereocenters. The van der Waals surface area contributed by atoms with Gasteiger partial charge in [0, 0.05) is 65.2 Å². The van der Waals surface area contributed by atoms with E-state index in [1.165, 1.54) is 12.8 Å². The largest absolute Gasteiger partial charge is 0.493 e. The van der Waals surface area contributed by atoms with Gasteiger partial charge in [0.1, 0.15) is 5.75 Å². The van der Waals surface area contributed by atoms with Crippen LogP contribution >= 0.6 is 0 Å². The average molecular weight is 379 g/mol. The van der Waals surface area contributed by atoms with Crippen LogP contribution in [0.1, 0.15) is 19.3 Å². The minimum absolute atomic E-state index is 0.522. The molecule has 0 saturated carbocycles. The maximum absolute atomic E-state index is 5.76. The van der Waals surface area contributed by atoms with E-state index in [1.54, 1.807) is 21.3 Å². The number of anilines is 1. The number of hydrogen-bond acceptors (Lipinski definition) is 5. The topological polar surface area (TPSA) is 67.4 Å². The van der Waals surface area contributed by atoms with Gasteiger partial charge in [-0.05, 0) is 31.5 Å². The van der Waals surface area contributed by atoms with E-state index >= 15 is 0 Å². The number of nitrogens with one attached hydrogen (secondary N) is 2. The molecule has 0 aliphatic carbocycles. The maximum atomic E-state index is 5.76. The Labute approximate surface area is 163 Å². The van der Waals surface area contributed by atoms with E-state index in [2.05, 4.69) is 20.5 Å². The fraction of sp³-hybridized carbons (Fsp3) is 0.650. The predicted molar refractivity (Wildman–Crippen MR) is 110 cm³/mol. The van der Waals surface area contributed by atoms with Crippen molar-refractivity contribution in [3.8, 4) is 5.75 Å². The van der Waals surface area contributed by atoms with E-state index in [0.717, 1.165) is 50.1 Å². The van der Waals surface area contributed by atoms with Gasteiger partial charge < -0.3 is 24.8 Å². The number of hydrogen-bond donors (Lipinski definition) is 2. The molecule has 27 heavy (non-hydrogen) atoms. The second-order valence-electron chi connectivity index (χ2n) is 6.63. The summed E-state index contributed by atoms with van der Waals surface area (Å²) in [7, 11) is 5.24. The monoisotopic (exact) mass is 378 g/mol. The molecule has 0 bridgehead atoms. The molecule has 1 aliphatic heterocycles. The second kappa shape index (κ2) is 12.5. The van der Waals surface area contributed by atoms with Crippen LogP contribution in [0.2, 0.25) is 0 Å². The fourth-order valence-electron chi connectivity index (χ4n) is 3.22. The van der Waals surface area contributed by atoms with Crippen molar-refractivity contribution >= 4 is 11.6 Å². The Balaban J connectivity index is 1.80. The first-order chi connectivity index (χ1) is 13.3. The zero-order valence-electron chi connectivity index (χ0n) is 16.9. The minimum atomic E-state index is 0.522. The van der Waals surface area contributed by atoms with Crippen LogP contribution < -0.4 is 15.4 Å². The number of benzene rings is 1. The molecule has 1 aromatic carbocycles. The summed E-state index contributed by atoms with van der Waals surface area (Å²) < 4.78 is 16.0. The molecule has 152 valence electrons. The molecular weight excluding hydrogens is 344 g/mol. The Morgan fingerprint density at radius 2 is 2.07 bits per heavy atom. The first-order valence-corrected chi connectivity index (χ1v) is 9.69. The van der Waals surface area contributed by atoms with Crippen LogP contribution in [-0.2, 0) is 9.47 Å². The van der Waals surface area contributed by atoms with Gasteiger partial charge in [-0.1, -0.05) is 6.07 Å². The number of methoxy groups -OCH3 is 2. The molecule has 7 nitrogen and oxygen atoms in total. The number of rotatable bonds is 11. The van der Waals surface area contributed by atoms with Crippen molar-refractivity contribution in [2.75, 3.05) is 66.0 Å². The smallest absolute Gasteiger partial charge is 0.195 e. The second-order valence-corrected chi connectivity index (χ2v) is 6.63. The van der Waals surface area contributed by atoms with Crippen LogP contribution in [0.15, 0.2) is 29.3 Å². The molecular formula is C20H34N4O3. The highest BCUT2D eigenvalue weighted by Crippen LogP contribution is 2.18. The third-order valence-corrected chi connectivity index (χ3v) is 4.67. The number of likely N-dealkylation sites (tertiary alicyclic amines) is 1. The first kappa shape index (κ1) is 21.5. The van der Waals surface area contributed by atoms with Crippen molar-refractivity contribution in [2.45, 2.75) is 25.3 Å². The molecule has 1 heterocycles. The fourth-order valence-corrected chi connectivity index (χ4v) is 3.22. The lowest BCUT2D eigenvalue weighted by molar-refractivity contribution is 0.141. The molecule has 7 heteroatoms. The lowest BCUT2D eigenvalue weighted by atomic mass is 10.2. The summed E-state index contributed by atoms with van der Waals surface area (Å²) >= 11 is 0. The lowest BCUT2D eigenvalue weighted by Gasteiger charge is -2.25. The van der Waals surface area contributed by atoms with Crippen molar-refractivity contribution in [3.05, 3.63) is 24.3 Å². The lowest BCUT2D eigenvalue weighted by Crippen LogP contribution is -2.43. The molecule has 1 aromatic rings. The Hall–Kier alpha value is -1.83.